The van der Waals surface area contributed by atoms with Crippen molar-refractivity contribution in [3.05, 3.63) is 34.4 Å². The van der Waals surface area contributed by atoms with Crippen molar-refractivity contribution in [1.29, 1.82) is 0 Å². The van der Waals surface area contributed by atoms with Crippen molar-refractivity contribution < 1.29 is 4.42 Å². The van der Waals surface area contributed by atoms with E-state index < -0.39 is 0 Å². The Hall–Kier alpha value is -1.20. The lowest BCUT2D eigenvalue weighted by Gasteiger charge is -2.04. The molecule has 5 heteroatoms. The Balaban J connectivity index is 2.06. The molecule has 4 nitrogen and oxygen atoms in total. The van der Waals surface area contributed by atoms with Gasteiger partial charge < -0.3 is 10.2 Å². The third kappa shape index (κ3) is 2.00. The minimum atomic E-state index is -0.104. The summed E-state index contributed by atoms with van der Waals surface area (Å²) >= 11 is 1.60. The van der Waals surface area contributed by atoms with E-state index in [1.807, 2.05) is 13.1 Å². The largest absolute Gasteiger partial charge is 0.449 e. The van der Waals surface area contributed by atoms with Crippen molar-refractivity contribution >= 4 is 11.3 Å². The zero-order chi connectivity index (χ0) is 9.97. The quantitative estimate of drug-likeness (QED) is 0.835. The van der Waals surface area contributed by atoms with E-state index in [4.69, 9.17) is 10.2 Å². The first-order valence-electron chi connectivity index (χ1n) is 4.30. The van der Waals surface area contributed by atoms with Gasteiger partial charge in [-0.15, -0.1) is 11.3 Å². The second-order valence-electron chi connectivity index (χ2n) is 3.07. The second kappa shape index (κ2) is 3.89. The van der Waals surface area contributed by atoms with Crippen LogP contribution >= 0.6 is 11.3 Å². The monoisotopic (exact) mass is 209 g/mol. The average Bonchev–Trinajstić information content (AvgIpc) is 2.75. The zero-order valence-electron chi connectivity index (χ0n) is 7.80. The van der Waals surface area contributed by atoms with Gasteiger partial charge in [-0.05, 0) is 0 Å². The Morgan fingerprint density at radius 3 is 3.07 bits per heavy atom. The first-order valence-corrected chi connectivity index (χ1v) is 5.18. The van der Waals surface area contributed by atoms with Gasteiger partial charge in [0.25, 0.3) is 0 Å². The highest BCUT2D eigenvalue weighted by atomic mass is 32.1. The fourth-order valence-corrected chi connectivity index (χ4v) is 1.87. The van der Waals surface area contributed by atoms with Gasteiger partial charge in [-0.3, -0.25) is 4.98 Å². The van der Waals surface area contributed by atoms with Gasteiger partial charge in [0.2, 0.25) is 0 Å². The van der Waals surface area contributed by atoms with Crippen molar-refractivity contribution in [2.75, 3.05) is 0 Å². The highest BCUT2D eigenvalue weighted by molar-refractivity contribution is 7.09. The van der Waals surface area contributed by atoms with Crippen LogP contribution in [0.4, 0.5) is 0 Å². The van der Waals surface area contributed by atoms with E-state index in [2.05, 4.69) is 9.97 Å². The Bertz CT molecular complexity index is 396. The minimum absolute atomic E-state index is 0.104. The standard InChI is InChI=1S/C9H11N3OS/c1-6-12-9(4-13-6)8(10)2-7-3-11-5-14-7/h3-5,8H,2,10H2,1H3. The molecule has 0 aliphatic carbocycles. The van der Waals surface area contributed by atoms with Gasteiger partial charge in [-0.25, -0.2) is 4.98 Å². The molecule has 74 valence electrons. The summed E-state index contributed by atoms with van der Waals surface area (Å²) < 4.78 is 5.10. The Labute approximate surface area is 85.8 Å². The van der Waals surface area contributed by atoms with Crippen LogP contribution in [0.3, 0.4) is 0 Å². The van der Waals surface area contributed by atoms with Crippen LogP contribution in [0.2, 0.25) is 0 Å². The SMILES string of the molecule is Cc1nc(C(N)Cc2cncs2)co1. The zero-order valence-corrected chi connectivity index (χ0v) is 8.62. The predicted octanol–water partition coefficient (Wildman–Crippen LogP) is 1.68. The minimum Gasteiger partial charge on any atom is -0.449 e. The molecule has 0 spiro atoms. The van der Waals surface area contributed by atoms with E-state index in [9.17, 15) is 0 Å². The summed E-state index contributed by atoms with van der Waals surface area (Å²) in [7, 11) is 0. The number of oxazole rings is 1. The number of nitrogens with zero attached hydrogens (tertiary/aromatic N) is 2. The summed E-state index contributed by atoms with van der Waals surface area (Å²) in [5.41, 5.74) is 8.56. The fraction of sp³-hybridized carbons (Fsp3) is 0.333. The number of hydrogen-bond acceptors (Lipinski definition) is 5. The highest BCUT2D eigenvalue weighted by Gasteiger charge is 2.11. The number of aromatic nitrogens is 2. The normalized spacial score (nSPS) is 13.0. The van der Waals surface area contributed by atoms with Crippen LogP contribution < -0.4 is 5.73 Å². The lowest BCUT2D eigenvalue weighted by Crippen LogP contribution is -2.13. The smallest absolute Gasteiger partial charge is 0.191 e. The molecule has 0 saturated heterocycles. The fourth-order valence-electron chi connectivity index (χ4n) is 1.21. The van der Waals surface area contributed by atoms with Gasteiger partial charge in [0, 0.05) is 24.4 Å². The molecule has 1 unspecified atom stereocenters. The van der Waals surface area contributed by atoms with Crippen LogP contribution in [0.15, 0.2) is 22.4 Å². The molecular formula is C9H11N3OS. The molecule has 0 radical (unpaired) electrons. The molecule has 0 aliphatic heterocycles. The topological polar surface area (TPSA) is 64.9 Å². The molecule has 2 heterocycles. The molecule has 1 atom stereocenters. The lowest BCUT2D eigenvalue weighted by atomic mass is 10.1. The molecular weight excluding hydrogens is 198 g/mol. The van der Waals surface area contributed by atoms with E-state index in [1.54, 1.807) is 23.1 Å². The maximum atomic E-state index is 5.96. The second-order valence-corrected chi connectivity index (χ2v) is 4.04. The van der Waals surface area contributed by atoms with E-state index >= 15 is 0 Å². The first kappa shape index (κ1) is 9.36. The molecule has 0 bridgehead atoms. The predicted molar refractivity (Wildman–Crippen MR) is 54.0 cm³/mol. The van der Waals surface area contributed by atoms with Gasteiger partial charge in [-0.2, -0.15) is 0 Å². The molecule has 2 rings (SSSR count). The maximum Gasteiger partial charge on any atom is 0.191 e. The van der Waals surface area contributed by atoms with Crippen LogP contribution in [0, 0.1) is 6.92 Å². The Morgan fingerprint density at radius 2 is 2.50 bits per heavy atom. The van der Waals surface area contributed by atoms with Crippen molar-refractivity contribution in [2.45, 2.75) is 19.4 Å². The highest BCUT2D eigenvalue weighted by Crippen LogP contribution is 2.17. The van der Waals surface area contributed by atoms with E-state index in [0.717, 1.165) is 17.0 Å². The van der Waals surface area contributed by atoms with Gasteiger partial charge in [0.05, 0.1) is 17.2 Å². The number of hydrogen-bond donors (Lipinski definition) is 1. The van der Waals surface area contributed by atoms with Crippen molar-refractivity contribution in [3.8, 4) is 0 Å². The summed E-state index contributed by atoms with van der Waals surface area (Å²) in [5.74, 6) is 0.653. The Morgan fingerprint density at radius 1 is 1.64 bits per heavy atom. The van der Waals surface area contributed by atoms with Gasteiger partial charge in [0.1, 0.15) is 6.26 Å². The average molecular weight is 209 g/mol. The van der Waals surface area contributed by atoms with Gasteiger partial charge in [-0.1, -0.05) is 0 Å². The summed E-state index contributed by atoms with van der Waals surface area (Å²) in [6, 6.07) is -0.104. The molecule has 2 N–H and O–H groups in total. The van der Waals surface area contributed by atoms with Crippen molar-refractivity contribution in [2.24, 2.45) is 5.73 Å². The third-order valence-electron chi connectivity index (χ3n) is 1.92. The summed E-state index contributed by atoms with van der Waals surface area (Å²) in [5, 5.41) is 0. The molecule has 14 heavy (non-hydrogen) atoms. The van der Waals surface area contributed by atoms with Crippen molar-refractivity contribution in [1.82, 2.24) is 9.97 Å². The van der Waals surface area contributed by atoms with Crippen LogP contribution in [0.1, 0.15) is 22.5 Å². The molecule has 0 fully saturated rings. The van der Waals surface area contributed by atoms with Gasteiger partial charge >= 0.3 is 0 Å². The van der Waals surface area contributed by atoms with Crippen LogP contribution in [-0.2, 0) is 6.42 Å². The van der Waals surface area contributed by atoms with Crippen molar-refractivity contribution in [3.63, 3.8) is 0 Å². The van der Waals surface area contributed by atoms with Gasteiger partial charge in [0.15, 0.2) is 5.89 Å². The Kier molecular flexibility index (Phi) is 2.60. The van der Waals surface area contributed by atoms with Crippen LogP contribution in [0.5, 0.6) is 0 Å². The molecule has 0 aromatic carbocycles. The first-order chi connectivity index (χ1) is 6.75. The molecule has 2 aromatic rings. The number of rotatable bonds is 3. The maximum absolute atomic E-state index is 5.96. The molecule has 2 aromatic heterocycles. The van der Waals surface area contributed by atoms with E-state index in [0.29, 0.717) is 5.89 Å². The van der Waals surface area contributed by atoms with E-state index in [1.165, 1.54) is 0 Å². The summed E-state index contributed by atoms with van der Waals surface area (Å²) in [4.78, 5) is 9.34. The summed E-state index contributed by atoms with van der Waals surface area (Å²) in [6.45, 7) is 1.81. The summed E-state index contributed by atoms with van der Waals surface area (Å²) in [6.07, 6.45) is 4.20. The number of thiazole rings is 1. The van der Waals surface area contributed by atoms with Crippen LogP contribution in [0.25, 0.3) is 0 Å². The number of aryl methyl sites for hydroxylation is 1. The van der Waals surface area contributed by atoms with Crippen LogP contribution in [-0.4, -0.2) is 9.97 Å². The molecule has 0 amide bonds. The third-order valence-corrected chi connectivity index (χ3v) is 2.72. The molecule has 0 saturated carbocycles. The van der Waals surface area contributed by atoms with E-state index in [-0.39, 0.29) is 6.04 Å². The lowest BCUT2D eigenvalue weighted by molar-refractivity contribution is 0.519. The number of nitrogens with two attached hydrogens (primary N) is 1. The molecule has 0 aliphatic rings.